The molecule has 0 unspecified atom stereocenters. The highest BCUT2D eigenvalue weighted by Gasteiger charge is 2.06. The van der Waals surface area contributed by atoms with E-state index in [1.807, 2.05) is 32.0 Å². The zero-order valence-corrected chi connectivity index (χ0v) is 12.3. The molecule has 5 heteroatoms. The van der Waals surface area contributed by atoms with Gasteiger partial charge < -0.3 is 20.5 Å². The molecule has 0 fully saturated rings. The van der Waals surface area contributed by atoms with Gasteiger partial charge >= 0.3 is 0 Å². The lowest BCUT2D eigenvalue weighted by Crippen LogP contribution is -2.14. The summed E-state index contributed by atoms with van der Waals surface area (Å²) in [5, 5.41) is 2.86. The molecule has 0 radical (unpaired) electrons. The normalized spacial score (nSPS) is 10.5. The first-order valence-electron chi connectivity index (χ1n) is 6.95. The van der Waals surface area contributed by atoms with E-state index >= 15 is 0 Å². The molecule has 0 heterocycles. The number of ether oxygens (including phenoxy) is 2. The third-order valence-corrected chi connectivity index (χ3v) is 2.92. The molecule has 0 aliphatic carbocycles. The standard InChI is InChI=1S/C15H24N2O3/c1-3-19-10-11-20-9-5-8-15(18)17-14-7-4-6-13(16)12(14)2/h4,6-7H,3,5,8-11,16H2,1-2H3,(H,17,18). The number of nitrogens with one attached hydrogen (secondary N) is 1. The monoisotopic (exact) mass is 280 g/mol. The van der Waals surface area contributed by atoms with Crippen LogP contribution in [0, 0.1) is 6.92 Å². The van der Waals surface area contributed by atoms with E-state index < -0.39 is 0 Å². The second-order valence-electron chi connectivity index (χ2n) is 4.48. The van der Waals surface area contributed by atoms with Crippen LogP contribution in [0.1, 0.15) is 25.3 Å². The van der Waals surface area contributed by atoms with Crippen LogP contribution in [0.4, 0.5) is 11.4 Å². The maximum atomic E-state index is 11.8. The van der Waals surface area contributed by atoms with Gasteiger partial charge in [-0.05, 0) is 38.0 Å². The van der Waals surface area contributed by atoms with Gasteiger partial charge in [0.1, 0.15) is 0 Å². The Morgan fingerprint density at radius 3 is 2.75 bits per heavy atom. The molecule has 112 valence electrons. The smallest absolute Gasteiger partial charge is 0.224 e. The fourth-order valence-electron chi connectivity index (χ4n) is 1.70. The summed E-state index contributed by atoms with van der Waals surface area (Å²) in [5.74, 6) is -0.0212. The SMILES string of the molecule is CCOCCOCCCC(=O)Nc1cccc(N)c1C. The highest BCUT2D eigenvalue weighted by molar-refractivity contribution is 5.92. The lowest BCUT2D eigenvalue weighted by Gasteiger charge is -2.10. The van der Waals surface area contributed by atoms with E-state index in [4.69, 9.17) is 15.2 Å². The van der Waals surface area contributed by atoms with Crippen LogP contribution in [-0.2, 0) is 14.3 Å². The van der Waals surface area contributed by atoms with Gasteiger partial charge in [-0.25, -0.2) is 0 Å². The highest BCUT2D eigenvalue weighted by Crippen LogP contribution is 2.20. The van der Waals surface area contributed by atoms with Crippen molar-refractivity contribution in [3.63, 3.8) is 0 Å². The van der Waals surface area contributed by atoms with E-state index in [0.29, 0.717) is 45.0 Å². The van der Waals surface area contributed by atoms with Crippen molar-refractivity contribution in [2.24, 2.45) is 0 Å². The third kappa shape index (κ3) is 6.04. The molecule has 0 aliphatic heterocycles. The van der Waals surface area contributed by atoms with Gasteiger partial charge in [-0.15, -0.1) is 0 Å². The first-order valence-corrected chi connectivity index (χ1v) is 6.95. The Kier molecular flexibility index (Phi) is 7.69. The first-order chi connectivity index (χ1) is 9.65. The summed E-state index contributed by atoms with van der Waals surface area (Å²) in [6.45, 7) is 6.28. The molecule has 1 aromatic carbocycles. The highest BCUT2D eigenvalue weighted by atomic mass is 16.5. The lowest BCUT2D eigenvalue weighted by molar-refractivity contribution is -0.116. The van der Waals surface area contributed by atoms with Gasteiger partial charge in [0, 0.05) is 31.0 Å². The number of nitrogens with two attached hydrogens (primary N) is 1. The Balaban J connectivity index is 2.19. The predicted molar refractivity (Wildman–Crippen MR) is 80.8 cm³/mol. The molecule has 0 aliphatic rings. The topological polar surface area (TPSA) is 73.6 Å². The molecule has 0 saturated carbocycles. The van der Waals surface area contributed by atoms with E-state index in [2.05, 4.69) is 5.32 Å². The average Bonchev–Trinajstić information content (AvgIpc) is 2.43. The number of rotatable bonds is 9. The van der Waals surface area contributed by atoms with E-state index in [1.165, 1.54) is 0 Å². The average molecular weight is 280 g/mol. The minimum absolute atomic E-state index is 0.0212. The van der Waals surface area contributed by atoms with Crippen molar-refractivity contribution < 1.29 is 14.3 Å². The maximum absolute atomic E-state index is 11.8. The number of hydrogen-bond acceptors (Lipinski definition) is 4. The molecule has 0 spiro atoms. The van der Waals surface area contributed by atoms with E-state index in [0.717, 1.165) is 11.3 Å². The van der Waals surface area contributed by atoms with Gasteiger partial charge in [0.25, 0.3) is 0 Å². The largest absolute Gasteiger partial charge is 0.398 e. The van der Waals surface area contributed by atoms with Gasteiger partial charge in [-0.2, -0.15) is 0 Å². The van der Waals surface area contributed by atoms with Crippen molar-refractivity contribution in [2.45, 2.75) is 26.7 Å². The van der Waals surface area contributed by atoms with Crippen LogP contribution in [0.15, 0.2) is 18.2 Å². The molecule has 3 N–H and O–H groups in total. The predicted octanol–water partition coefficient (Wildman–Crippen LogP) is 2.35. The van der Waals surface area contributed by atoms with Crippen LogP contribution < -0.4 is 11.1 Å². The van der Waals surface area contributed by atoms with Gasteiger partial charge in [0.2, 0.25) is 5.91 Å². The molecule has 1 aromatic rings. The Hall–Kier alpha value is -1.59. The minimum atomic E-state index is -0.0212. The van der Waals surface area contributed by atoms with E-state index in [9.17, 15) is 4.79 Å². The number of hydrogen-bond donors (Lipinski definition) is 2. The van der Waals surface area contributed by atoms with Crippen molar-refractivity contribution in [1.82, 2.24) is 0 Å². The van der Waals surface area contributed by atoms with Gasteiger partial charge in [-0.3, -0.25) is 4.79 Å². The number of amides is 1. The summed E-state index contributed by atoms with van der Waals surface area (Å²) in [6, 6.07) is 5.49. The molecular weight excluding hydrogens is 256 g/mol. The molecule has 0 aromatic heterocycles. The zero-order chi connectivity index (χ0) is 14.8. The molecule has 20 heavy (non-hydrogen) atoms. The molecule has 1 amide bonds. The molecule has 0 atom stereocenters. The molecule has 0 bridgehead atoms. The fraction of sp³-hybridized carbons (Fsp3) is 0.533. The van der Waals surface area contributed by atoms with E-state index in [1.54, 1.807) is 0 Å². The number of carbonyl (C=O) groups excluding carboxylic acids is 1. The van der Waals surface area contributed by atoms with Crippen LogP contribution in [0.5, 0.6) is 0 Å². The van der Waals surface area contributed by atoms with Gasteiger partial charge in [0.05, 0.1) is 13.2 Å². The lowest BCUT2D eigenvalue weighted by atomic mass is 10.1. The summed E-state index contributed by atoms with van der Waals surface area (Å²) in [7, 11) is 0. The number of carbonyl (C=O) groups is 1. The maximum Gasteiger partial charge on any atom is 0.224 e. The second kappa shape index (κ2) is 9.34. The van der Waals surface area contributed by atoms with Crippen molar-refractivity contribution in [1.29, 1.82) is 0 Å². The minimum Gasteiger partial charge on any atom is -0.398 e. The Labute approximate surface area is 120 Å². The molecular formula is C15H24N2O3. The summed E-state index contributed by atoms with van der Waals surface area (Å²) < 4.78 is 10.5. The van der Waals surface area contributed by atoms with Crippen LogP contribution in [0.3, 0.4) is 0 Å². The number of nitrogen functional groups attached to an aromatic ring is 1. The van der Waals surface area contributed by atoms with Crippen molar-refractivity contribution in [3.8, 4) is 0 Å². The summed E-state index contributed by atoms with van der Waals surface area (Å²) in [4.78, 5) is 11.8. The van der Waals surface area contributed by atoms with Gasteiger partial charge in [0.15, 0.2) is 0 Å². The van der Waals surface area contributed by atoms with Crippen LogP contribution in [-0.4, -0.2) is 32.3 Å². The van der Waals surface area contributed by atoms with E-state index in [-0.39, 0.29) is 5.91 Å². The van der Waals surface area contributed by atoms with Crippen LogP contribution >= 0.6 is 0 Å². The molecule has 0 saturated heterocycles. The summed E-state index contributed by atoms with van der Waals surface area (Å²) in [5.41, 5.74) is 8.14. The van der Waals surface area contributed by atoms with Crippen molar-refractivity contribution >= 4 is 17.3 Å². The second-order valence-corrected chi connectivity index (χ2v) is 4.48. The van der Waals surface area contributed by atoms with Crippen molar-refractivity contribution in [3.05, 3.63) is 23.8 Å². The summed E-state index contributed by atoms with van der Waals surface area (Å²) >= 11 is 0. The van der Waals surface area contributed by atoms with Crippen molar-refractivity contribution in [2.75, 3.05) is 37.5 Å². The van der Waals surface area contributed by atoms with Crippen LogP contribution in [0.2, 0.25) is 0 Å². The summed E-state index contributed by atoms with van der Waals surface area (Å²) in [6.07, 6.45) is 1.13. The number of benzene rings is 1. The zero-order valence-electron chi connectivity index (χ0n) is 12.3. The van der Waals surface area contributed by atoms with Gasteiger partial charge in [-0.1, -0.05) is 6.07 Å². The third-order valence-electron chi connectivity index (χ3n) is 2.92. The Morgan fingerprint density at radius 1 is 1.25 bits per heavy atom. The fourth-order valence-corrected chi connectivity index (χ4v) is 1.70. The molecule has 1 rings (SSSR count). The first kappa shape index (κ1) is 16.5. The Bertz CT molecular complexity index is 422. The quantitative estimate of drug-likeness (QED) is 0.538. The number of anilines is 2. The van der Waals surface area contributed by atoms with Crippen LogP contribution in [0.25, 0.3) is 0 Å². The Morgan fingerprint density at radius 2 is 2.00 bits per heavy atom. The molecule has 5 nitrogen and oxygen atoms in total.